The van der Waals surface area contributed by atoms with Gasteiger partial charge in [0.25, 0.3) is 0 Å². The minimum Gasteiger partial charge on any atom is -0.340 e. The summed E-state index contributed by atoms with van der Waals surface area (Å²) >= 11 is 0. The Balaban J connectivity index is 1.41. The molecule has 6 heteroatoms. The lowest BCUT2D eigenvalue weighted by Crippen LogP contribution is -2.42. The highest BCUT2D eigenvalue weighted by Crippen LogP contribution is 2.41. The Labute approximate surface area is 167 Å². The standard InChI is InChI=1S/C22H31N5O/c1-17-5-4-6-19(11-17)27-15-18(13-24-27)14-25(2)21(28)20-12-22(16-26(20)3)7-9-23-10-8-22/h4-6,11,13,15,20,23H,7-10,12,14,16H2,1-3H3. The lowest BCUT2D eigenvalue weighted by atomic mass is 9.77. The number of benzene rings is 1. The normalized spacial score (nSPS) is 21.9. The number of hydrogen-bond acceptors (Lipinski definition) is 4. The van der Waals surface area contributed by atoms with Crippen LogP contribution in [0, 0.1) is 12.3 Å². The van der Waals surface area contributed by atoms with E-state index in [1.165, 1.54) is 18.4 Å². The first-order valence-corrected chi connectivity index (χ1v) is 10.2. The molecule has 2 aromatic rings. The van der Waals surface area contributed by atoms with Gasteiger partial charge in [-0.05, 0) is 69.4 Å². The Hall–Kier alpha value is -2.18. The number of likely N-dealkylation sites (N-methyl/N-ethyl adjacent to an activating group) is 2. The minimum atomic E-state index is -0.00471. The first kappa shape index (κ1) is 19.2. The van der Waals surface area contributed by atoms with Gasteiger partial charge in [0, 0.05) is 31.9 Å². The van der Waals surface area contributed by atoms with E-state index in [0.717, 1.165) is 37.3 Å². The van der Waals surface area contributed by atoms with Gasteiger partial charge in [0.05, 0.1) is 17.9 Å². The fourth-order valence-electron chi connectivity index (χ4n) is 4.82. The highest BCUT2D eigenvalue weighted by molar-refractivity contribution is 5.82. The summed E-state index contributed by atoms with van der Waals surface area (Å²) in [5, 5.41) is 7.93. The third kappa shape index (κ3) is 3.84. The van der Waals surface area contributed by atoms with Crippen molar-refractivity contribution in [2.45, 2.75) is 38.8 Å². The summed E-state index contributed by atoms with van der Waals surface area (Å²) in [5.74, 6) is 0.223. The Bertz CT molecular complexity index is 839. The lowest BCUT2D eigenvalue weighted by Gasteiger charge is -2.33. The predicted molar refractivity (Wildman–Crippen MR) is 110 cm³/mol. The molecule has 4 rings (SSSR count). The van der Waals surface area contributed by atoms with E-state index in [9.17, 15) is 4.79 Å². The minimum absolute atomic E-state index is 0.00471. The van der Waals surface area contributed by atoms with Gasteiger partial charge < -0.3 is 10.2 Å². The molecule has 0 bridgehead atoms. The van der Waals surface area contributed by atoms with Crippen LogP contribution >= 0.6 is 0 Å². The molecule has 0 saturated carbocycles. The van der Waals surface area contributed by atoms with Gasteiger partial charge in [-0.1, -0.05) is 12.1 Å². The molecule has 1 aromatic carbocycles. The number of piperidine rings is 1. The highest BCUT2D eigenvalue weighted by atomic mass is 16.2. The Morgan fingerprint density at radius 3 is 2.89 bits per heavy atom. The number of aromatic nitrogens is 2. The largest absolute Gasteiger partial charge is 0.340 e. The second kappa shape index (κ2) is 7.68. The van der Waals surface area contributed by atoms with Crippen molar-refractivity contribution < 1.29 is 4.79 Å². The smallest absolute Gasteiger partial charge is 0.239 e. The van der Waals surface area contributed by atoms with Crippen LogP contribution in [0.3, 0.4) is 0 Å². The molecule has 1 atom stereocenters. The number of amides is 1. The van der Waals surface area contributed by atoms with Crippen LogP contribution in [0.1, 0.15) is 30.4 Å². The third-order valence-electron chi connectivity index (χ3n) is 6.39. The fourth-order valence-corrected chi connectivity index (χ4v) is 4.82. The first-order valence-electron chi connectivity index (χ1n) is 10.2. The molecule has 1 spiro atoms. The maximum Gasteiger partial charge on any atom is 0.239 e. The molecular weight excluding hydrogens is 350 g/mol. The Morgan fingerprint density at radius 1 is 1.36 bits per heavy atom. The van der Waals surface area contributed by atoms with Gasteiger partial charge in [0.15, 0.2) is 0 Å². The number of hydrogen-bond donors (Lipinski definition) is 1. The van der Waals surface area contributed by atoms with Gasteiger partial charge in [-0.15, -0.1) is 0 Å². The topological polar surface area (TPSA) is 53.4 Å². The fraction of sp³-hybridized carbons (Fsp3) is 0.545. The van der Waals surface area contributed by atoms with E-state index in [4.69, 9.17) is 0 Å². The van der Waals surface area contributed by atoms with Crippen molar-refractivity contribution in [1.82, 2.24) is 24.9 Å². The van der Waals surface area contributed by atoms with Gasteiger partial charge in [-0.2, -0.15) is 5.10 Å². The summed E-state index contributed by atoms with van der Waals surface area (Å²) in [5.41, 5.74) is 3.62. The van der Waals surface area contributed by atoms with Gasteiger partial charge in [-0.25, -0.2) is 4.68 Å². The summed E-state index contributed by atoms with van der Waals surface area (Å²) in [7, 11) is 4.01. The zero-order chi connectivity index (χ0) is 19.7. The molecule has 2 saturated heterocycles. The molecule has 150 valence electrons. The number of nitrogens with zero attached hydrogens (tertiary/aromatic N) is 4. The van der Waals surface area contributed by atoms with Crippen LogP contribution in [0.4, 0.5) is 0 Å². The Kier molecular flexibility index (Phi) is 5.25. The summed E-state index contributed by atoms with van der Waals surface area (Å²) in [4.78, 5) is 17.3. The zero-order valence-electron chi connectivity index (χ0n) is 17.2. The van der Waals surface area contributed by atoms with Crippen molar-refractivity contribution in [1.29, 1.82) is 0 Å². The summed E-state index contributed by atoms with van der Waals surface area (Å²) in [6, 6.07) is 8.26. The van der Waals surface area contributed by atoms with Gasteiger partial charge in [0.1, 0.15) is 0 Å². The van der Waals surface area contributed by atoms with Crippen LogP contribution in [0.5, 0.6) is 0 Å². The molecule has 2 fully saturated rings. The summed E-state index contributed by atoms with van der Waals surface area (Å²) in [6.45, 7) is 5.84. The maximum absolute atomic E-state index is 13.1. The Morgan fingerprint density at radius 2 is 2.14 bits per heavy atom. The average Bonchev–Trinajstić information content (AvgIpc) is 3.26. The van der Waals surface area contributed by atoms with Crippen molar-refractivity contribution in [3.05, 3.63) is 47.8 Å². The van der Waals surface area contributed by atoms with Gasteiger partial charge >= 0.3 is 0 Å². The number of carbonyl (C=O) groups is 1. The molecule has 0 aliphatic carbocycles. The van der Waals surface area contributed by atoms with Gasteiger partial charge in [0.2, 0.25) is 5.91 Å². The molecule has 6 nitrogen and oxygen atoms in total. The van der Waals surface area contributed by atoms with E-state index < -0.39 is 0 Å². The van der Waals surface area contributed by atoms with Gasteiger partial charge in [-0.3, -0.25) is 9.69 Å². The second-order valence-corrected chi connectivity index (χ2v) is 8.71. The molecule has 0 radical (unpaired) electrons. The second-order valence-electron chi connectivity index (χ2n) is 8.71. The van der Waals surface area contributed by atoms with Crippen molar-refractivity contribution in [2.24, 2.45) is 5.41 Å². The van der Waals surface area contributed by atoms with Crippen molar-refractivity contribution in [2.75, 3.05) is 33.7 Å². The predicted octanol–water partition coefficient (Wildman–Crippen LogP) is 2.21. The zero-order valence-corrected chi connectivity index (χ0v) is 17.2. The molecule has 3 heterocycles. The monoisotopic (exact) mass is 381 g/mol. The van der Waals surface area contributed by atoms with Crippen LogP contribution in [-0.2, 0) is 11.3 Å². The van der Waals surface area contributed by atoms with E-state index >= 15 is 0 Å². The molecule has 28 heavy (non-hydrogen) atoms. The molecular formula is C22H31N5O. The lowest BCUT2D eigenvalue weighted by molar-refractivity contribution is -0.134. The maximum atomic E-state index is 13.1. The highest BCUT2D eigenvalue weighted by Gasteiger charge is 2.46. The van der Waals surface area contributed by atoms with Crippen LogP contribution in [0.25, 0.3) is 5.69 Å². The van der Waals surface area contributed by atoms with E-state index in [0.29, 0.717) is 12.0 Å². The number of nitrogens with one attached hydrogen (secondary N) is 1. The van der Waals surface area contributed by atoms with E-state index in [2.05, 4.69) is 41.4 Å². The molecule has 1 unspecified atom stereocenters. The van der Waals surface area contributed by atoms with Crippen LogP contribution in [0.15, 0.2) is 36.7 Å². The first-order chi connectivity index (χ1) is 13.5. The number of rotatable bonds is 4. The van der Waals surface area contributed by atoms with E-state index in [1.54, 1.807) is 0 Å². The SMILES string of the molecule is Cc1cccc(-n2cc(CN(C)C(=O)C3CC4(CCNCC4)CN3C)cn2)c1. The number of aryl methyl sites for hydroxylation is 1. The van der Waals surface area contributed by atoms with Crippen molar-refractivity contribution in [3.63, 3.8) is 0 Å². The molecule has 2 aliphatic rings. The van der Waals surface area contributed by atoms with Crippen molar-refractivity contribution in [3.8, 4) is 5.69 Å². The quantitative estimate of drug-likeness (QED) is 0.882. The van der Waals surface area contributed by atoms with Crippen LogP contribution < -0.4 is 5.32 Å². The summed E-state index contributed by atoms with van der Waals surface area (Å²) in [6.07, 6.45) is 7.21. The number of likely N-dealkylation sites (tertiary alicyclic amines) is 1. The van der Waals surface area contributed by atoms with Crippen molar-refractivity contribution >= 4 is 5.91 Å². The van der Waals surface area contributed by atoms with Crippen LogP contribution in [-0.4, -0.2) is 65.3 Å². The third-order valence-corrected chi connectivity index (χ3v) is 6.39. The van der Waals surface area contributed by atoms with Crippen LogP contribution in [0.2, 0.25) is 0 Å². The molecule has 2 aliphatic heterocycles. The van der Waals surface area contributed by atoms with E-state index in [1.807, 2.05) is 41.2 Å². The van der Waals surface area contributed by atoms with E-state index in [-0.39, 0.29) is 11.9 Å². The molecule has 1 aromatic heterocycles. The number of carbonyl (C=O) groups excluding carboxylic acids is 1. The molecule has 1 amide bonds. The average molecular weight is 382 g/mol. The summed E-state index contributed by atoms with van der Waals surface area (Å²) < 4.78 is 1.88. The molecule has 1 N–H and O–H groups in total.